The molecule has 1 aliphatic carbocycles. The Balaban J connectivity index is 2.29. The molecule has 0 atom stereocenters. The molecule has 1 saturated carbocycles. The average molecular weight is 221 g/mol. The van der Waals surface area contributed by atoms with E-state index in [4.69, 9.17) is 5.73 Å². The number of hydrogen-bond acceptors (Lipinski definition) is 2. The minimum absolute atomic E-state index is 0.546. The summed E-state index contributed by atoms with van der Waals surface area (Å²) >= 11 is 0. The van der Waals surface area contributed by atoms with Crippen molar-refractivity contribution in [1.29, 1.82) is 0 Å². The smallest absolute Gasteiger partial charge is 0.0525 e. The first-order chi connectivity index (χ1) is 7.74. The fourth-order valence-corrected chi connectivity index (χ4v) is 2.83. The first kappa shape index (κ1) is 11.6. The predicted octanol–water partition coefficient (Wildman–Crippen LogP) is 2.62. The SMILES string of the molecule is CC(C)c1c(CCN)cnn1C1CCCC1. The van der Waals surface area contributed by atoms with E-state index < -0.39 is 0 Å². The number of aromatic nitrogens is 2. The highest BCUT2D eigenvalue weighted by molar-refractivity contribution is 5.22. The van der Waals surface area contributed by atoms with Crippen LogP contribution in [0.2, 0.25) is 0 Å². The Morgan fingerprint density at radius 2 is 2.12 bits per heavy atom. The van der Waals surface area contributed by atoms with Crippen molar-refractivity contribution >= 4 is 0 Å². The number of rotatable bonds is 4. The van der Waals surface area contributed by atoms with Gasteiger partial charge >= 0.3 is 0 Å². The molecule has 1 aromatic rings. The van der Waals surface area contributed by atoms with Gasteiger partial charge in [-0.2, -0.15) is 5.10 Å². The molecule has 0 saturated heterocycles. The van der Waals surface area contributed by atoms with Gasteiger partial charge in [-0.15, -0.1) is 0 Å². The standard InChI is InChI=1S/C13H23N3/c1-10(2)13-11(7-8-14)9-15-16(13)12-5-3-4-6-12/h9-10,12H,3-8,14H2,1-2H3. The van der Waals surface area contributed by atoms with Gasteiger partial charge in [0.25, 0.3) is 0 Å². The molecule has 0 bridgehead atoms. The molecular weight excluding hydrogens is 198 g/mol. The molecule has 16 heavy (non-hydrogen) atoms. The summed E-state index contributed by atoms with van der Waals surface area (Å²) in [6, 6.07) is 0.643. The Labute approximate surface area is 98.0 Å². The lowest BCUT2D eigenvalue weighted by Gasteiger charge is -2.17. The van der Waals surface area contributed by atoms with Crippen LogP contribution < -0.4 is 5.73 Å². The van der Waals surface area contributed by atoms with Crippen molar-refractivity contribution in [3.63, 3.8) is 0 Å². The van der Waals surface area contributed by atoms with Crippen molar-refractivity contribution in [2.75, 3.05) is 6.54 Å². The number of nitrogens with zero attached hydrogens (tertiary/aromatic N) is 2. The van der Waals surface area contributed by atoms with Gasteiger partial charge in [-0.25, -0.2) is 0 Å². The van der Waals surface area contributed by atoms with Crippen LogP contribution in [-0.4, -0.2) is 16.3 Å². The Hall–Kier alpha value is -0.830. The van der Waals surface area contributed by atoms with Gasteiger partial charge in [0.2, 0.25) is 0 Å². The molecule has 2 rings (SSSR count). The monoisotopic (exact) mass is 221 g/mol. The molecule has 0 radical (unpaired) electrons. The molecule has 0 spiro atoms. The fraction of sp³-hybridized carbons (Fsp3) is 0.769. The number of nitrogens with two attached hydrogens (primary N) is 1. The van der Waals surface area contributed by atoms with Crippen LogP contribution in [0.1, 0.15) is 62.7 Å². The second-order valence-electron chi connectivity index (χ2n) is 5.13. The minimum Gasteiger partial charge on any atom is -0.330 e. The minimum atomic E-state index is 0.546. The maximum Gasteiger partial charge on any atom is 0.0525 e. The Morgan fingerprint density at radius 1 is 1.44 bits per heavy atom. The van der Waals surface area contributed by atoms with Crippen LogP contribution in [-0.2, 0) is 6.42 Å². The molecular formula is C13H23N3. The molecule has 1 aromatic heterocycles. The van der Waals surface area contributed by atoms with Gasteiger partial charge in [0, 0.05) is 5.69 Å². The highest BCUT2D eigenvalue weighted by Gasteiger charge is 2.23. The first-order valence-corrected chi connectivity index (χ1v) is 6.50. The van der Waals surface area contributed by atoms with Crippen LogP contribution >= 0.6 is 0 Å². The summed E-state index contributed by atoms with van der Waals surface area (Å²) in [5.41, 5.74) is 8.42. The summed E-state index contributed by atoms with van der Waals surface area (Å²) < 4.78 is 2.28. The molecule has 1 fully saturated rings. The van der Waals surface area contributed by atoms with Gasteiger partial charge in [0.05, 0.1) is 12.2 Å². The second-order valence-corrected chi connectivity index (χ2v) is 5.13. The van der Waals surface area contributed by atoms with Gasteiger partial charge in [0.15, 0.2) is 0 Å². The number of hydrogen-bond donors (Lipinski definition) is 1. The third kappa shape index (κ3) is 2.14. The third-order valence-corrected chi connectivity index (χ3v) is 3.54. The summed E-state index contributed by atoms with van der Waals surface area (Å²) in [4.78, 5) is 0. The summed E-state index contributed by atoms with van der Waals surface area (Å²) in [5, 5.41) is 4.60. The van der Waals surface area contributed by atoms with Crippen molar-refractivity contribution in [1.82, 2.24) is 9.78 Å². The van der Waals surface area contributed by atoms with Crippen LogP contribution in [0.3, 0.4) is 0 Å². The molecule has 1 aliphatic rings. The molecule has 0 aliphatic heterocycles. The van der Waals surface area contributed by atoms with Crippen LogP contribution in [0.15, 0.2) is 6.20 Å². The Kier molecular flexibility index (Phi) is 3.64. The first-order valence-electron chi connectivity index (χ1n) is 6.50. The normalized spacial score (nSPS) is 17.5. The van der Waals surface area contributed by atoms with E-state index in [0.717, 1.165) is 13.0 Å². The van der Waals surface area contributed by atoms with Gasteiger partial charge in [-0.05, 0) is 37.3 Å². The van der Waals surface area contributed by atoms with Crippen molar-refractivity contribution < 1.29 is 0 Å². The highest BCUT2D eigenvalue weighted by atomic mass is 15.3. The maximum atomic E-state index is 5.66. The lowest BCUT2D eigenvalue weighted by molar-refractivity contribution is 0.441. The lowest BCUT2D eigenvalue weighted by atomic mass is 10.0. The van der Waals surface area contributed by atoms with Gasteiger partial charge in [-0.3, -0.25) is 4.68 Å². The third-order valence-electron chi connectivity index (χ3n) is 3.54. The van der Waals surface area contributed by atoms with E-state index in [0.29, 0.717) is 12.0 Å². The molecule has 3 heteroatoms. The molecule has 0 amide bonds. The van der Waals surface area contributed by atoms with E-state index in [-0.39, 0.29) is 0 Å². The van der Waals surface area contributed by atoms with Crippen molar-refractivity contribution in [3.8, 4) is 0 Å². The Bertz CT molecular complexity index is 335. The van der Waals surface area contributed by atoms with Gasteiger partial charge < -0.3 is 5.73 Å². The Morgan fingerprint density at radius 3 is 2.69 bits per heavy atom. The molecule has 3 nitrogen and oxygen atoms in total. The van der Waals surface area contributed by atoms with E-state index in [1.165, 1.54) is 36.9 Å². The van der Waals surface area contributed by atoms with E-state index in [9.17, 15) is 0 Å². The van der Waals surface area contributed by atoms with Crippen LogP contribution in [0.5, 0.6) is 0 Å². The second kappa shape index (κ2) is 5.00. The molecule has 2 N–H and O–H groups in total. The van der Waals surface area contributed by atoms with E-state index in [2.05, 4.69) is 23.6 Å². The predicted molar refractivity (Wildman–Crippen MR) is 66.6 cm³/mol. The van der Waals surface area contributed by atoms with Gasteiger partial charge in [-0.1, -0.05) is 26.7 Å². The zero-order valence-electron chi connectivity index (χ0n) is 10.4. The molecule has 0 aromatic carbocycles. The van der Waals surface area contributed by atoms with Crippen LogP contribution in [0, 0.1) is 0 Å². The van der Waals surface area contributed by atoms with E-state index in [1.807, 2.05) is 6.20 Å². The maximum absolute atomic E-state index is 5.66. The van der Waals surface area contributed by atoms with Crippen molar-refractivity contribution in [2.45, 2.75) is 57.9 Å². The van der Waals surface area contributed by atoms with E-state index in [1.54, 1.807) is 0 Å². The fourth-order valence-electron chi connectivity index (χ4n) is 2.83. The molecule has 0 unspecified atom stereocenters. The van der Waals surface area contributed by atoms with Crippen LogP contribution in [0.25, 0.3) is 0 Å². The highest BCUT2D eigenvalue weighted by Crippen LogP contribution is 2.33. The summed E-state index contributed by atoms with van der Waals surface area (Å²) in [6.45, 7) is 5.22. The zero-order valence-corrected chi connectivity index (χ0v) is 10.4. The summed E-state index contributed by atoms with van der Waals surface area (Å²) in [6.07, 6.45) is 8.29. The van der Waals surface area contributed by atoms with Crippen LogP contribution in [0.4, 0.5) is 0 Å². The largest absolute Gasteiger partial charge is 0.330 e. The summed E-state index contributed by atoms with van der Waals surface area (Å²) in [5.74, 6) is 0.546. The zero-order chi connectivity index (χ0) is 11.5. The summed E-state index contributed by atoms with van der Waals surface area (Å²) in [7, 11) is 0. The van der Waals surface area contributed by atoms with E-state index >= 15 is 0 Å². The quantitative estimate of drug-likeness (QED) is 0.849. The van der Waals surface area contributed by atoms with Crippen molar-refractivity contribution in [3.05, 3.63) is 17.5 Å². The lowest BCUT2D eigenvalue weighted by Crippen LogP contribution is -2.13. The molecule has 1 heterocycles. The topological polar surface area (TPSA) is 43.8 Å². The van der Waals surface area contributed by atoms with Crippen molar-refractivity contribution in [2.24, 2.45) is 5.73 Å². The average Bonchev–Trinajstić information content (AvgIpc) is 2.83. The van der Waals surface area contributed by atoms with Gasteiger partial charge in [0.1, 0.15) is 0 Å². The molecule has 90 valence electrons.